The van der Waals surface area contributed by atoms with Gasteiger partial charge in [-0.05, 0) is 80.8 Å². The van der Waals surface area contributed by atoms with Gasteiger partial charge < -0.3 is 5.73 Å². The minimum Gasteiger partial charge on any atom is -0.369 e. The van der Waals surface area contributed by atoms with Crippen molar-refractivity contribution in [2.24, 2.45) is 34.8 Å². The molecular weight excluding hydrogens is 481 g/mol. The summed E-state index contributed by atoms with van der Waals surface area (Å²) >= 11 is 0. The standard InChI is InChI=1S/C25H31F3N2O4S/c26-25(27,28)19-5-1-2-6-20(19)35(33,34)30-24(7-3-4-8-24)21(31)11-18-16-9-15-10-17(18)14-23(12-15,13-16)22(29)32/h1-2,5-6,15-18,30H,3-4,7-14H2,(H2,29,32). The summed E-state index contributed by atoms with van der Waals surface area (Å²) in [4.78, 5) is 25.1. The van der Waals surface area contributed by atoms with Gasteiger partial charge in [0.15, 0.2) is 5.78 Å². The van der Waals surface area contributed by atoms with Crippen molar-refractivity contribution in [3.63, 3.8) is 0 Å². The van der Waals surface area contributed by atoms with E-state index in [2.05, 4.69) is 4.72 Å². The second-order valence-corrected chi connectivity index (χ2v) is 12.9. The normalized spacial score (nSPS) is 33.7. The van der Waals surface area contributed by atoms with Crippen LogP contribution in [0.3, 0.4) is 0 Å². The SMILES string of the molecule is NC(=O)C12CC3CC(C1)C(CC(=O)C1(NS(=O)(=O)c4ccccc4C(F)(F)F)CCCC1)C(C3)C2. The topological polar surface area (TPSA) is 106 Å². The fraction of sp³-hybridized carbons (Fsp3) is 0.680. The number of amides is 1. The highest BCUT2D eigenvalue weighted by molar-refractivity contribution is 7.89. The molecule has 0 aliphatic heterocycles. The van der Waals surface area contributed by atoms with E-state index in [0.717, 1.165) is 37.5 Å². The van der Waals surface area contributed by atoms with Crippen LogP contribution in [0.1, 0.15) is 69.8 Å². The number of hydrogen-bond donors (Lipinski definition) is 2. The average molecular weight is 513 g/mol. The predicted octanol–water partition coefficient (Wildman–Crippen LogP) is 4.18. The van der Waals surface area contributed by atoms with Gasteiger partial charge in [-0.3, -0.25) is 9.59 Å². The van der Waals surface area contributed by atoms with E-state index >= 15 is 0 Å². The maximum atomic E-state index is 13.7. The first-order chi connectivity index (χ1) is 16.4. The molecule has 2 atom stereocenters. The molecule has 35 heavy (non-hydrogen) atoms. The van der Waals surface area contributed by atoms with E-state index in [1.807, 2.05) is 0 Å². The van der Waals surface area contributed by atoms with Gasteiger partial charge in [0.2, 0.25) is 15.9 Å². The van der Waals surface area contributed by atoms with Gasteiger partial charge in [-0.2, -0.15) is 17.9 Å². The monoisotopic (exact) mass is 512 g/mol. The Morgan fingerprint density at radius 1 is 1.03 bits per heavy atom. The minimum absolute atomic E-state index is 0.0518. The summed E-state index contributed by atoms with van der Waals surface area (Å²) < 4.78 is 69.4. The van der Waals surface area contributed by atoms with Crippen LogP contribution in [0.4, 0.5) is 13.2 Å². The molecule has 0 saturated heterocycles. The highest BCUT2D eigenvalue weighted by Crippen LogP contribution is 2.63. The largest absolute Gasteiger partial charge is 0.417 e. The van der Waals surface area contributed by atoms with Gasteiger partial charge in [0, 0.05) is 11.8 Å². The molecule has 10 heteroatoms. The number of carbonyl (C=O) groups is 2. The molecular formula is C25H31F3N2O4S. The third kappa shape index (κ3) is 4.20. The number of sulfonamides is 1. The maximum absolute atomic E-state index is 13.7. The third-order valence-electron chi connectivity index (χ3n) is 9.21. The summed E-state index contributed by atoms with van der Waals surface area (Å²) in [6.45, 7) is 0. The summed E-state index contributed by atoms with van der Waals surface area (Å²) in [5.74, 6) is 0.372. The Hall–Kier alpha value is -1.94. The molecule has 5 aliphatic rings. The van der Waals surface area contributed by atoms with Crippen LogP contribution >= 0.6 is 0 Å². The van der Waals surface area contributed by atoms with Crippen molar-refractivity contribution in [2.45, 2.75) is 80.8 Å². The molecule has 6 nitrogen and oxygen atoms in total. The van der Waals surface area contributed by atoms with Crippen molar-refractivity contribution < 1.29 is 31.2 Å². The number of primary amides is 1. The molecule has 0 aromatic heterocycles. The molecule has 4 bridgehead atoms. The fourth-order valence-electron chi connectivity index (χ4n) is 7.84. The average Bonchev–Trinajstić information content (AvgIpc) is 3.24. The van der Waals surface area contributed by atoms with Crippen LogP contribution in [0.15, 0.2) is 29.2 Å². The van der Waals surface area contributed by atoms with Crippen LogP contribution in [0.5, 0.6) is 0 Å². The van der Waals surface area contributed by atoms with Gasteiger partial charge in [-0.1, -0.05) is 25.0 Å². The molecule has 0 radical (unpaired) electrons. The molecule has 2 unspecified atom stereocenters. The number of halogens is 3. The Kier molecular flexibility index (Phi) is 5.86. The number of nitrogens with two attached hydrogens (primary N) is 1. The molecule has 192 valence electrons. The highest BCUT2D eigenvalue weighted by Gasteiger charge is 2.58. The van der Waals surface area contributed by atoms with Crippen LogP contribution in [-0.2, 0) is 25.8 Å². The maximum Gasteiger partial charge on any atom is 0.417 e. The van der Waals surface area contributed by atoms with E-state index < -0.39 is 37.6 Å². The van der Waals surface area contributed by atoms with E-state index in [-0.39, 0.29) is 48.7 Å². The van der Waals surface area contributed by atoms with Gasteiger partial charge in [-0.15, -0.1) is 0 Å². The number of nitrogens with one attached hydrogen (secondary N) is 1. The van der Waals surface area contributed by atoms with Crippen molar-refractivity contribution in [3.8, 4) is 0 Å². The zero-order valence-electron chi connectivity index (χ0n) is 19.4. The van der Waals surface area contributed by atoms with Crippen LogP contribution < -0.4 is 10.5 Å². The molecule has 6 rings (SSSR count). The first kappa shape index (κ1) is 24.7. The Morgan fingerprint density at radius 3 is 2.20 bits per heavy atom. The molecule has 5 saturated carbocycles. The molecule has 5 fully saturated rings. The Balaban J connectivity index is 1.39. The number of alkyl halides is 3. The van der Waals surface area contributed by atoms with Crippen molar-refractivity contribution in [3.05, 3.63) is 29.8 Å². The molecule has 0 spiro atoms. The number of ketones is 1. The molecule has 3 N–H and O–H groups in total. The molecule has 1 amide bonds. The summed E-state index contributed by atoms with van der Waals surface area (Å²) in [5.41, 5.74) is 2.64. The van der Waals surface area contributed by atoms with Gasteiger partial charge >= 0.3 is 6.18 Å². The van der Waals surface area contributed by atoms with Gasteiger partial charge in [-0.25, -0.2) is 8.42 Å². The van der Waals surface area contributed by atoms with Gasteiger partial charge in [0.05, 0.1) is 16.0 Å². The van der Waals surface area contributed by atoms with E-state index in [4.69, 9.17) is 5.73 Å². The summed E-state index contributed by atoms with van der Waals surface area (Å²) in [5, 5.41) is 0. The van der Waals surface area contributed by atoms with Crippen LogP contribution in [0.2, 0.25) is 0 Å². The van der Waals surface area contributed by atoms with Crippen molar-refractivity contribution in [1.82, 2.24) is 4.72 Å². The van der Waals surface area contributed by atoms with E-state index in [1.165, 1.54) is 6.07 Å². The number of benzene rings is 1. The number of hydrogen-bond acceptors (Lipinski definition) is 4. The predicted molar refractivity (Wildman–Crippen MR) is 121 cm³/mol. The van der Waals surface area contributed by atoms with Gasteiger partial charge in [0.25, 0.3) is 0 Å². The van der Waals surface area contributed by atoms with Crippen molar-refractivity contribution >= 4 is 21.7 Å². The minimum atomic E-state index is -4.84. The number of Topliss-reactive ketones (excluding diaryl/α,β-unsaturated/α-hetero) is 1. The van der Waals surface area contributed by atoms with E-state index in [0.29, 0.717) is 31.6 Å². The second-order valence-electron chi connectivity index (χ2n) is 11.3. The van der Waals surface area contributed by atoms with Crippen molar-refractivity contribution in [1.29, 1.82) is 0 Å². The van der Waals surface area contributed by atoms with Crippen LogP contribution in [0, 0.1) is 29.1 Å². The van der Waals surface area contributed by atoms with Crippen LogP contribution in [0.25, 0.3) is 0 Å². The third-order valence-corrected chi connectivity index (χ3v) is 10.8. The highest BCUT2D eigenvalue weighted by atomic mass is 32.2. The first-order valence-electron chi connectivity index (χ1n) is 12.4. The first-order valence-corrected chi connectivity index (χ1v) is 13.9. The zero-order valence-corrected chi connectivity index (χ0v) is 20.3. The number of rotatable bonds is 7. The number of carbonyl (C=O) groups excluding carboxylic acids is 2. The Labute approximate surface area is 203 Å². The lowest BCUT2D eigenvalue weighted by molar-refractivity contribution is -0.152. The quantitative estimate of drug-likeness (QED) is 0.572. The van der Waals surface area contributed by atoms with E-state index in [9.17, 15) is 31.2 Å². The molecule has 5 aliphatic carbocycles. The Morgan fingerprint density at radius 2 is 1.63 bits per heavy atom. The lowest BCUT2D eigenvalue weighted by Gasteiger charge is -2.59. The van der Waals surface area contributed by atoms with Crippen LogP contribution in [-0.4, -0.2) is 25.6 Å². The smallest absolute Gasteiger partial charge is 0.369 e. The van der Waals surface area contributed by atoms with E-state index in [1.54, 1.807) is 0 Å². The Bertz CT molecular complexity index is 1130. The zero-order chi connectivity index (χ0) is 25.2. The molecule has 0 heterocycles. The fourth-order valence-corrected chi connectivity index (χ4v) is 9.51. The summed E-state index contributed by atoms with van der Waals surface area (Å²) in [6.07, 6.45) is 1.19. The lowest BCUT2D eigenvalue weighted by Crippen LogP contribution is -2.58. The molecule has 1 aromatic rings. The lowest BCUT2D eigenvalue weighted by atomic mass is 9.45. The second kappa shape index (κ2) is 8.30. The summed E-state index contributed by atoms with van der Waals surface area (Å²) in [7, 11) is -4.60. The molecule has 1 aromatic carbocycles. The summed E-state index contributed by atoms with van der Waals surface area (Å²) in [6, 6.07) is 4.06. The van der Waals surface area contributed by atoms with Crippen molar-refractivity contribution in [2.75, 3.05) is 0 Å². The van der Waals surface area contributed by atoms with Gasteiger partial charge in [0.1, 0.15) is 0 Å².